The minimum Gasteiger partial charge on any atom is -0.465 e. The molecule has 0 saturated carbocycles. The highest BCUT2D eigenvalue weighted by atomic mass is 35.5. The highest BCUT2D eigenvalue weighted by Crippen LogP contribution is 2.28. The third-order valence-electron chi connectivity index (χ3n) is 2.97. The van der Waals surface area contributed by atoms with Crippen LogP contribution in [0, 0.1) is 6.92 Å². The van der Waals surface area contributed by atoms with Crippen molar-refractivity contribution in [3.63, 3.8) is 0 Å². The lowest BCUT2D eigenvalue weighted by Gasteiger charge is -2.12. The monoisotopic (exact) mass is 287 g/mol. The van der Waals surface area contributed by atoms with Crippen LogP contribution in [-0.4, -0.2) is 9.78 Å². The molecule has 0 radical (unpaired) electrons. The Bertz CT molecular complexity index is 704. The van der Waals surface area contributed by atoms with Crippen LogP contribution in [-0.2, 0) is 6.54 Å². The van der Waals surface area contributed by atoms with Crippen molar-refractivity contribution in [1.82, 2.24) is 9.78 Å². The smallest absolute Gasteiger partial charge is 0.123 e. The van der Waals surface area contributed by atoms with E-state index in [9.17, 15) is 0 Å². The maximum atomic E-state index is 6.28. The lowest BCUT2D eigenvalue weighted by atomic mass is 10.2. The van der Waals surface area contributed by atoms with Gasteiger partial charge in [0.1, 0.15) is 17.2 Å². The van der Waals surface area contributed by atoms with Crippen molar-refractivity contribution in [2.75, 3.05) is 5.32 Å². The maximum absolute atomic E-state index is 6.28. The second-order valence-corrected chi connectivity index (χ2v) is 4.86. The van der Waals surface area contributed by atoms with E-state index in [1.807, 2.05) is 49.5 Å². The first-order chi connectivity index (χ1) is 9.74. The first kappa shape index (κ1) is 12.8. The van der Waals surface area contributed by atoms with E-state index >= 15 is 0 Å². The highest BCUT2D eigenvalue weighted by molar-refractivity contribution is 6.33. The Morgan fingerprint density at radius 1 is 1.25 bits per heavy atom. The number of aryl methyl sites for hydroxylation is 1. The van der Waals surface area contributed by atoms with Crippen molar-refractivity contribution in [2.24, 2.45) is 0 Å². The molecule has 0 atom stereocenters. The molecule has 3 aromatic rings. The molecule has 3 rings (SSSR count). The first-order valence-electron chi connectivity index (χ1n) is 6.32. The third-order valence-corrected chi connectivity index (χ3v) is 3.27. The fraction of sp³-hybridized carbons (Fsp3) is 0.133. The summed E-state index contributed by atoms with van der Waals surface area (Å²) in [5, 5.41) is 8.22. The number of para-hydroxylation sites is 1. The molecule has 20 heavy (non-hydrogen) atoms. The summed E-state index contributed by atoms with van der Waals surface area (Å²) < 4.78 is 7.30. The van der Waals surface area contributed by atoms with Gasteiger partial charge in [0.25, 0.3) is 0 Å². The van der Waals surface area contributed by atoms with Crippen LogP contribution in [0.2, 0.25) is 5.02 Å². The van der Waals surface area contributed by atoms with E-state index in [-0.39, 0.29) is 0 Å². The number of aromatic nitrogens is 2. The van der Waals surface area contributed by atoms with Crippen LogP contribution in [0.4, 0.5) is 5.69 Å². The predicted molar refractivity (Wildman–Crippen MR) is 79.3 cm³/mol. The highest BCUT2D eigenvalue weighted by Gasteiger charge is 2.10. The average molecular weight is 288 g/mol. The Morgan fingerprint density at radius 3 is 2.85 bits per heavy atom. The van der Waals surface area contributed by atoms with Crippen LogP contribution in [0.3, 0.4) is 0 Å². The van der Waals surface area contributed by atoms with Gasteiger partial charge in [-0.25, -0.2) is 4.68 Å². The van der Waals surface area contributed by atoms with E-state index < -0.39 is 0 Å². The van der Waals surface area contributed by atoms with E-state index in [1.165, 1.54) is 0 Å². The zero-order chi connectivity index (χ0) is 13.9. The van der Waals surface area contributed by atoms with E-state index in [1.54, 1.807) is 10.9 Å². The Labute approximate surface area is 122 Å². The van der Waals surface area contributed by atoms with Crippen molar-refractivity contribution in [2.45, 2.75) is 13.5 Å². The largest absolute Gasteiger partial charge is 0.465 e. The summed E-state index contributed by atoms with van der Waals surface area (Å²) in [6.45, 7) is 2.53. The van der Waals surface area contributed by atoms with Crippen LogP contribution in [0.15, 0.2) is 53.2 Å². The molecule has 102 valence electrons. The molecule has 0 spiro atoms. The quantitative estimate of drug-likeness (QED) is 0.787. The van der Waals surface area contributed by atoms with Crippen molar-refractivity contribution in [3.05, 3.63) is 65.3 Å². The zero-order valence-corrected chi connectivity index (χ0v) is 11.8. The van der Waals surface area contributed by atoms with Gasteiger partial charge >= 0.3 is 0 Å². The second kappa shape index (κ2) is 5.43. The lowest BCUT2D eigenvalue weighted by Crippen LogP contribution is -2.05. The predicted octanol–water partition coefficient (Wildman–Crippen LogP) is 4.04. The molecule has 0 bridgehead atoms. The summed E-state index contributed by atoms with van der Waals surface area (Å²) in [5.41, 5.74) is 1.75. The van der Waals surface area contributed by atoms with Crippen molar-refractivity contribution in [1.29, 1.82) is 0 Å². The molecule has 5 heteroatoms. The molecule has 2 heterocycles. The summed E-state index contributed by atoms with van der Waals surface area (Å²) in [4.78, 5) is 0. The molecule has 0 amide bonds. The molecular formula is C15H14ClN3O. The van der Waals surface area contributed by atoms with E-state index in [0.717, 1.165) is 22.9 Å². The van der Waals surface area contributed by atoms with Gasteiger partial charge in [-0.15, -0.1) is 0 Å². The topological polar surface area (TPSA) is 43.0 Å². The molecular weight excluding hydrogens is 274 g/mol. The number of nitrogens with zero attached hydrogens (tertiary/aromatic N) is 2. The van der Waals surface area contributed by atoms with Gasteiger partial charge in [-0.2, -0.15) is 5.10 Å². The van der Waals surface area contributed by atoms with E-state index in [2.05, 4.69) is 10.4 Å². The van der Waals surface area contributed by atoms with Gasteiger partial charge in [0, 0.05) is 12.4 Å². The lowest BCUT2D eigenvalue weighted by molar-refractivity contribution is 0.490. The van der Waals surface area contributed by atoms with Crippen LogP contribution in [0.25, 0.3) is 5.69 Å². The molecule has 0 fully saturated rings. The van der Waals surface area contributed by atoms with Gasteiger partial charge in [-0.05, 0) is 37.3 Å². The minimum absolute atomic E-state index is 0.600. The van der Waals surface area contributed by atoms with Gasteiger partial charge in [0.05, 0.1) is 17.3 Å². The van der Waals surface area contributed by atoms with E-state index in [0.29, 0.717) is 11.6 Å². The van der Waals surface area contributed by atoms with Gasteiger partial charge in [-0.3, -0.25) is 0 Å². The average Bonchev–Trinajstić information content (AvgIpc) is 3.08. The summed E-state index contributed by atoms with van der Waals surface area (Å²) in [6.07, 6.45) is 3.59. The summed E-state index contributed by atoms with van der Waals surface area (Å²) in [6, 6.07) is 11.5. The number of furan rings is 1. The number of hydrogen-bond acceptors (Lipinski definition) is 3. The van der Waals surface area contributed by atoms with Gasteiger partial charge in [0.15, 0.2) is 0 Å². The molecule has 1 N–H and O–H groups in total. The first-order valence-corrected chi connectivity index (χ1v) is 6.69. The number of nitrogens with one attached hydrogen (secondary N) is 1. The molecule has 2 aromatic heterocycles. The fourth-order valence-electron chi connectivity index (χ4n) is 2.05. The van der Waals surface area contributed by atoms with Gasteiger partial charge < -0.3 is 9.73 Å². The number of rotatable bonds is 4. The molecule has 0 aliphatic heterocycles. The summed E-state index contributed by atoms with van der Waals surface area (Å²) >= 11 is 6.28. The summed E-state index contributed by atoms with van der Waals surface area (Å²) in [7, 11) is 0. The maximum Gasteiger partial charge on any atom is 0.123 e. The molecule has 4 nitrogen and oxygen atoms in total. The van der Waals surface area contributed by atoms with Crippen LogP contribution in [0.1, 0.15) is 11.5 Å². The van der Waals surface area contributed by atoms with Gasteiger partial charge in [-0.1, -0.05) is 17.7 Å². The van der Waals surface area contributed by atoms with Crippen LogP contribution >= 0.6 is 11.6 Å². The Hall–Kier alpha value is -2.20. The van der Waals surface area contributed by atoms with Crippen LogP contribution in [0.5, 0.6) is 0 Å². The normalized spacial score (nSPS) is 10.7. The Balaban J connectivity index is 1.88. The Kier molecular flexibility index (Phi) is 3.48. The molecule has 0 saturated heterocycles. The second-order valence-electron chi connectivity index (χ2n) is 4.45. The number of halogens is 1. The standard InChI is InChI=1S/C15H14ClN3O/c1-11-6-7-12(20-11)10-17-14-5-2-4-13(16)15(14)19-9-3-8-18-19/h2-9,17H,10H2,1H3. The molecule has 1 aromatic carbocycles. The number of hydrogen-bond donors (Lipinski definition) is 1. The molecule has 0 aliphatic carbocycles. The molecule has 0 unspecified atom stereocenters. The van der Waals surface area contributed by atoms with Crippen molar-refractivity contribution >= 4 is 17.3 Å². The van der Waals surface area contributed by atoms with Crippen molar-refractivity contribution in [3.8, 4) is 5.69 Å². The third kappa shape index (κ3) is 2.56. The SMILES string of the molecule is Cc1ccc(CNc2cccc(Cl)c2-n2cccn2)o1. The van der Waals surface area contributed by atoms with Crippen LogP contribution < -0.4 is 5.32 Å². The molecule has 0 aliphatic rings. The zero-order valence-electron chi connectivity index (χ0n) is 11.0. The number of benzene rings is 1. The van der Waals surface area contributed by atoms with Gasteiger partial charge in [0.2, 0.25) is 0 Å². The Morgan fingerprint density at radius 2 is 2.15 bits per heavy atom. The number of anilines is 1. The van der Waals surface area contributed by atoms with Crippen molar-refractivity contribution < 1.29 is 4.42 Å². The minimum atomic E-state index is 0.600. The fourth-order valence-corrected chi connectivity index (χ4v) is 2.32. The summed E-state index contributed by atoms with van der Waals surface area (Å²) in [5.74, 6) is 1.79. The van der Waals surface area contributed by atoms with E-state index in [4.69, 9.17) is 16.0 Å².